The molecule has 0 aliphatic rings. The van der Waals surface area contributed by atoms with E-state index in [1.807, 2.05) is 0 Å². The number of hydrogen-bond acceptors (Lipinski definition) is 8. The Bertz CT molecular complexity index is 400. The molecule has 0 bridgehead atoms. The number of ether oxygens (including phenoxy) is 4. The van der Waals surface area contributed by atoms with Gasteiger partial charge in [-0.2, -0.15) is 0 Å². The normalized spacial score (nSPS) is 10.8. The molecule has 2 N–H and O–H groups in total. The van der Waals surface area contributed by atoms with Crippen LogP contribution in [0.5, 0.6) is 0 Å². The molecule has 0 saturated carbocycles. The van der Waals surface area contributed by atoms with Gasteiger partial charge in [0.25, 0.3) is 0 Å². The predicted molar refractivity (Wildman–Crippen MR) is 78.7 cm³/mol. The van der Waals surface area contributed by atoms with Crippen molar-refractivity contribution in [2.24, 2.45) is 5.73 Å². The lowest BCUT2D eigenvalue weighted by molar-refractivity contribution is 0.00551. The summed E-state index contributed by atoms with van der Waals surface area (Å²) < 4.78 is 20.4. The number of hydrogen-bond donors (Lipinski definition) is 1. The fourth-order valence-corrected chi connectivity index (χ4v) is 2.16. The molecular formula is C13H22N2O5S. The summed E-state index contributed by atoms with van der Waals surface area (Å²) in [6, 6.07) is 0. The number of methoxy groups -OCH3 is 1. The van der Waals surface area contributed by atoms with Crippen molar-refractivity contribution < 1.29 is 23.7 Å². The molecule has 0 unspecified atom stereocenters. The summed E-state index contributed by atoms with van der Waals surface area (Å²) in [4.78, 5) is 15.8. The van der Waals surface area contributed by atoms with Crippen LogP contribution in [-0.4, -0.2) is 64.2 Å². The van der Waals surface area contributed by atoms with Crippen LogP contribution in [0.15, 0.2) is 5.38 Å². The quantitative estimate of drug-likeness (QED) is 0.442. The second-order valence-electron chi connectivity index (χ2n) is 4.02. The van der Waals surface area contributed by atoms with Gasteiger partial charge in [0.2, 0.25) is 0 Å². The van der Waals surface area contributed by atoms with Crippen molar-refractivity contribution >= 4 is 17.3 Å². The molecule has 0 aliphatic carbocycles. The highest BCUT2D eigenvalue weighted by Gasteiger charge is 2.11. The summed E-state index contributed by atoms with van der Waals surface area (Å²) in [6.07, 6.45) is 0.671. The summed E-state index contributed by atoms with van der Waals surface area (Å²) in [5, 5.41) is 2.52. The van der Waals surface area contributed by atoms with Crippen LogP contribution in [0.4, 0.5) is 0 Å². The zero-order valence-electron chi connectivity index (χ0n) is 12.2. The number of rotatable bonds is 12. The maximum absolute atomic E-state index is 11.7. The molecule has 120 valence electrons. The molecule has 7 nitrogen and oxygen atoms in total. The maximum Gasteiger partial charge on any atom is 0.357 e. The van der Waals surface area contributed by atoms with E-state index in [9.17, 15) is 4.79 Å². The molecule has 0 fully saturated rings. The van der Waals surface area contributed by atoms with Gasteiger partial charge in [-0.05, 0) is 6.54 Å². The number of thiazole rings is 1. The molecule has 0 aliphatic heterocycles. The SMILES string of the molecule is COCCOCCOCCOC(=O)c1csc(CCN)n1. The fraction of sp³-hybridized carbons (Fsp3) is 0.692. The Balaban J connectivity index is 2.02. The highest BCUT2D eigenvalue weighted by Crippen LogP contribution is 2.10. The minimum atomic E-state index is -0.436. The van der Waals surface area contributed by atoms with Gasteiger partial charge in [-0.3, -0.25) is 0 Å². The van der Waals surface area contributed by atoms with E-state index in [2.05, 4.69) is 4.98 Å². The minimum absolute atomic E-state index is 0.195. The van der Waals surface area contributed by atoms with Crippen LogP contribution in [0.25, 0.3) is 0 Å². The van der Waals surface area contributed by atoms with Crippen molar-refractivity contribution in [1.29, 1.82) is 0 Å². The molecule has 8 heteroatoms. The maximum atomic E-state index is 11.7. The molecule has 21 heavy (non-hydrogen) atoms. The van der Waals surface area contributed by atoms with Gasteiger partial charge >= 0.3 is 5.97 Å². The molecule has 1 rings (SSSR count). The molecule has 0 aromatic carbocycles. The van der Waals surface area contributed by atoms with Gasteiger partial charge in [-0.25, -0.2) is 9.78 Å². The third-order valence-electron chi connectivity index (χ3n) is 2.38. The molecule has 0 amide bonds. The standard InChI is InChI=1S/C13H22N2O5S/c1-17-4-5-18-6-7-19-8-9-20-13(16)11-10-21-12(15-11)2-3-14/h10H,2-9,14H2,1H3. The Kier molecular flexibility index (Phi) is 9.92. The first kappa shape index (κ1) is 18.0. The van der Waals surface area contributed by atoms with E-state index in [1.54, 1.807) is 12.5 Å². The molecule has 0 spiro atoms. The summed E-state index contributed by atoms with van der Waals surface area (Å²) in [5.41, 5.74) is 5.75. The van der Waals surface area contributed by atoms with Crippen molar-refractivity contribution in [3.8, 4) is 0 Å². The summed E-state index contributed by atoms with van der Waals surface area (Å²) in [5.74, 6) is -0.436. The zero-order chi connectivity index (χ0) is 15.3. The summed E-state index contributed by atoms with van der Waals surface area (Å²) >= 11 is 1.41. The van der Waals surface area contributed by atoms with E-state index in [4.69, 9.17) is 24.7 Å². The van der Waals surface area contributed by atoms with E-state index < -0.39 is 5.97 Å². The monoisotopic (exact) mass is 318 g/mol. The number of esters is 1. The van der Waals surface area contributed by atoms with Crippen LogP contribution in [0.2, 0.25) is 0 Å². The first-order valence-corrected chi connectivity index (χ1v) is 7.62. The van der Waals surface area contributed by atoms with Crippen LogP contribution in [0.1, 0.15) is 15.5 Å². The Labute approximate surface area is 128 Å². The van der Waals surface area contributed by atoms with E-state index in [1.165, 1.54) is 11.3 Å². The smallest absolute Gasteiger partial charge is 0.357 e. The second kappa shape index (κ2) is 11.6. The molecule has 0 saturated heterocycles. The second-order valence-corrected chi connectivity index (χ2v) is 4.96. The average molecular weight is 318 g/mol. The molecule has 0 atom stereocenters. The predicted octanol–water partition coefficient (Wildman–Crippen LogP) is 0.481. The van der Waals surface area contributed by atoms with Gasteiger partial charge in [0.15, 0.2) is 5.69 Å². The van der Waals surface area contributed by atoms with Crippen LogP contribution < -0.4 is 5.73 Å². The Hall–Kier alpha value is -1.06. The number of carbonyl (C=O) groups is 1. The van der Waals surface area contributed by atoms with Crippen LogP contribution in [-0.2, 0) is 25.4 Å². The van der Waals surface area contributed by atoms with E-state index in [0.29, 0.717) is 51.7 Å². The van der Waals surface area contributed by atoms with Crippen LogP contribution in [0.3, 0.4) is 0 Å². The van der Waals surface area contributed by atoms with E-state index in [-0.39, 0.29) is 6.61 Å². The topological polar surface area (TPSA) is 92.9 Å². The van der Waals surface area contributed by atoms with Crippen molar-refractivity contribution in [3.05, 3.63) is 16.1 Å². The van der Waals surface area contributed by atoms with E-state index in [0.717, 1.165) is 5.01 Å². The molecule has 1 aromatic rings. The van der Waals surface area contributed by atoms with Gasteiger partial charge in [0.1, 0.15) is 6.61 Å². The van der Waals surface area contributed by atoms with Crippen molar-refractivity contribution in [1.82, 2.24) is 4.98 Å². The molecule has 1 heterocycles. The zero-order valence-corrected chi connectivity index (χ0v) is 13.0. The Morgan fingerprint density at radius 1 is 1.19 bits per heavy atom. The minimum Gasteiger partial charge on any atom is -0.458 e. The van der Waals surface area contributed by atoms with E-state index >= 15 is 0 Å². The average Bonchev–Trinajstić information content (AvgIpc) is 2.94. The van der Waals surface area contributed by atoms with Gasteiger partial charge in [0.05, 0.1) is 38.0 Å². The molecule has 0 radical (unpaired) electrons. The van der Waals surface area contributed by atoms with Gasteiger partial charge in [0, 0.05) is 18.9 Å². The molecule has 1 aromatic heterocycles. The van der Waals surface area contributed by atoms with Crippen molar-refractivity contribution in [2.75, 3.05) is 53.3 Å². The lowest BCUT2D eigenvalue weighted by atomic mass is 10.4. The van der Waals surface area contributed by atoms with Crippen molar-refractivity contribution in [2.45, 2.75) is 6.42 Å². The Morgan fingerprint density at radius 2 is 1.86 bits per heavy atom. The van der Waals surface area contributed by atoms with Gasteiger partial charge in [-0.15, -0.1) is 11.3 Å². The number of carbonyl (C=O) groups excluding carboxylic acids is 1. The number of nitrogens with two attached hydrogens (primary N) is 1. The lowest BCUT2D eigenvalue weighted by Crippen LogP contribution is -2.14. The number of nitrogens with zero attached hydrogens (tertiary/aromatic N) is 1. The van der Waals surface area contributed by atoms with Crippen LogP contribution >= 0.6 is 11.3 Å². The summed E-state index contributed by atoms with van der Waals surface area (Å²) in [6.45, 7) is 3.10. The van der Waals surface area contributed by atoms with Crippen molar-refractivity contribution in [3.63, 3.8) is 0 Å². The Morgan fingerprint density at radius 3 is 2.52 bits per heavy atom. The third-order valence-corrected chi connectivity index (χ3v) is 3.29. The number of aromatic nitrogens is 1. The van der Waals surface area contributed by atoms with Gasteiger partial charge in [-0.1, -0.05) is 0 Å². The van der Waals surface area contributed by atoms with Crippen LogP contribution in [0, 0.1) is 0 Å². The first-order valence-electron chi connectivity index (χ1n) is 6.74. The highest BCUT2D eigenvalue weighted by molar-refractivity contribution is 7.09. The first-order chi connectivity index (χ1) is 10.3. The molecular weight excluding hydrogens is 296 g/mol. The lowest BCUT2D eigenvalue weighted by Gasteiger charge is -2.06. The van der Waals surface area contributed by atoms with Gasteiger partial charge < -0.3 is 24.7 Å². The fourth-order valence-electron chi connectivity index (χ4n) is 1.37. The largest absolute Gasteiger partial charge is 0.458 e. The third kappa shape index (κ3) is 8.08. The highest BCUT2D eigenvalue weighted by atomic mass is 32.1. The summed E-state index contributed by atoms with van der Waals surface area (Å²) in [7, 11) is 1.62.